The molecule has 0 saturated heterocycles. The largest absolute Gasteiger partial charge is 0.484 e. The Balaban J connectivity index is 1.38. The average molecular weight is 470 g/mol. The first-order chi connectivity index (χ1) is 17.0. The smallest absolute Gasteiger partial charge is 0.247 e. The lowest BCUT2D eigenvalue weighted by atomic mass is 10.1. The molecule has 2 aromatic carbocycles. The molecule has 1 unspecified atom stereocenters. The van der Waals surface area contributed by atoms with Crippen LogP contribution >= 0.6 is 0 Å². The summed E-state index contributed by atoms with van der Waals surface area (Å²) in [6.07, 6.45) is 5.98. The fraction of sp³-hybridized carbons (Fsp3) is 0.250. The van der Waals surface area contributed by atoms with Crippen molar-refractivity contribution in [1.29, 1.82) is 0 Å². The summed E-state index contributed by atoms with van der Waals surface area (Å²) in [7, 11) is 1.87. The summed E-state index contributed by atoms with van der Waals surface area (Å²) in [5, 5.41) is 10.5. The van der Waals surface area contributed by atoms with Gasteiger partial charge in [-0.15, -0.1) is 0 Å². The molecule has 2 heterocycles. The van der Waals surface area contributed by atoms with E-state index in [1.165, 1.54) is 11.1 Å². The van der Waals surface area contributed by atoms with E-state index in [0.29, 0.717) is 18.1 Å². The molecule has 4 aromatic rings. The van der Waals surface area contributed by atoms with Crippen LogP contribution in [-0.4, -0.2) is 27.2 Å². The Morgan fingerprint density at radius 2 is 1.77 bits per heavy atom. The number of aromatic nitrogens is 3. The number of nitrogens with zero attached hydrogens (tertiary/aromatic N) is 3. The molecular weight excluding hydrogens is 438 g/mol. The van der Waals surface area contributed by atoms with Gasteiger partial charge in [0.05, 0.1) is 12.4 Å². The van der Waals surface area contributed by atoms with Gasteiger partial charge >= 0.3 is 0 Å². The van der Waals surface area contributed by atoms with Crippen molar-refractivity contribution in [2.75, 3.05) is 11.9 Å². The number of hydrogen-bond donors (Lipinski definition) is 2. The van der Waals surface area contributed by atoms with E-state index in [2.05, 4.69) is 51.9 Å². The van der Waals surface area contributed by atoms with Gasteiger partial charge in [-0.1, -0.05) is 60.2 Å². The van der Waals surface area contributed by atoms with Gasteiger partial charge in [-0.25, -0.2) is 4.98 Å². The van der Waals surface area contributed by atoms with Gasteiger partial charge in [-0.3, -0.25) is 9.48 Å². The highest BCUT2D eigenvalue weighted by molar-refractivity contribution is 5.94. The van der Waals surface area contributed by atoms with Gasteiger partial charge in [0.2, 0.25) is 5.91 Å². The van der Waals surface area contributed by atoms with E-state index in [1.807, 2.05) is 50.5 Å². The van der Waals surface area contributed by atoms with Crippen LogP contribution in [0.5, 0.6) is 5.75 Å². The molecule has 35 heavy (non-hydrogen) atoms. The van der Waals surface area contributed by atoms with Gasteiger partial charge in [0.15, 0.2) is 0 Å². The molecular formula is C28H31N5O2. The zero-order valence-corrected chi connectivity index (χ0v) is 20.3. The van der Waals surface area contributed by atoms with Crippen LogP contribution in [0.15, 0.2) is 85.3 Å². The summed E-state index contributed by atoms with van der Waals surface area (Å²) in [6.45, 7) is 4.70. The number of benzene rings is 2. The van der Waals surface area contributed by atoms with Crippen LogP contribution < -0.4 is 15.4 Å². The van der Waals surface area contributed by atoms with Gasteiger partial charge in [0, 0.05) is 25.4 Å². The van der Waals surface area contributed by atoms with Crippen molar-refractivity contribution in [2.45, 2.75) is 32.4 Å². The number of rotatable bonds is 10. The molecule has 7 nitrogen and oxygen atoms in total. The second-order valence-corrected chi connectivity index (χ2v) is 8.61. The molecule has 7 heteroatoms. The number of pyridine rings is 1. The Morgan fingerprint density at radius 1 is 1.00 bits per heavy atom. The summed E-state index contributed by atoms with van der Waals surface area (Å²) in [4.78, 5) is 17.6. The van der Waals surface area contributed by atoms with Gasteiger partial charge in [-0.2, -0.15) is 5.10 Å². The Hall–Kier alpha value is -3.97. The van der Waals surface area contributed by atoms with Crippen LogP contribution in [-0.2, 0) is 18.3 Å². The molecule has 0 fully saturated rings. The van der Waals surface area contributed by atoms with E-state index in [1.54, 1.807) is 29.2 Å². The molecule has 2 aromatic heterocycles. The average Bonchev–Trinajstić information content (AvgIpc) is 3.31. The molecule has 0 bridgehead atoms. The van der Waals surface area contributed by atoms with Crippen LogP contribution in [0.3, 0.4) is 0 Å². The van der Waals surface area contributed by atoms with E-state index in [-0.39, 0.29) is 12.0 Å². The van der Waals surface area contributed by atoms with E-state index >= 15 is 0 Å². The topological polar surface area (TPSA) is 81.1 Å². The highest BCUT2D eigenvalue weighted by atomic mass is 16.5. The Bertz CT molecular complexity index is 1220. The fourth-order valence-corrected chi connectivity index (χ4v) is 3.77. The lowest BCUT2D eigenvalue weighted by Crippen LogP contribution is -2.34. The number of carbonyl (C=O) groups is 1. The minimum absolute atomic E-state index is 0.161. The van der Waals surface area contributed by atoms with Crippen LogP contribution in [0, 0.1) is 6.92 Å². The maximum absolute atomic E-state index is 13.2. The summed E-state index contributed by atoms with van der Waals surface area (Å²) >= 11 is 0. The first-order valence-electron chi connectivity index (χ1n) is 11.7. The van der Waals surface area contributed by atoms with Gasteiger partial charge < -0.3 is 15.4 Å². The Labute approximate surface area is 206 Å². The molecule has 0 aliphatic carbocycles. The van der Waals surface area contributed by atoms with Crippen molar-refractivity contribution in [3.8, 4) is 5.75 Å². The summed E-state index contributed by atoms with van der Waals surface area (Å²) in [5.41, 5.74) is 4.35. The molecule has 1 amide bonds. The lowest BCUT2D eigenvalue weighted by molar-refractivity contribution is -0.118. The first-order valence-corrected chi connectivity index (χ1v) is 11.7. The molecule has 0 radical (unpaired) electrons. The Kier molecular flexibility index (Phi) is 7.90. The van der Waals surface area contributed by atoms with Crippen molar-refractivity contribution in [1.82, 2.24) is 20.1 Å². The van der Waals surface area contributed by atoms with Crippen molar-refractivity contribution in [3.05, 3.63) is 108 Å². The second kappa shape index (κ2) is 11.4. The minimum atomic E-state index is -0.495. The van der Waals surface area contributed by atoms with Crippen LogP contribution in [0.25, 0.3) is 0 Å². The molecule has 2 N–H and O–H groups in total. The normalized spacial score (nSPS) is 12.7. The number of amides is 1. The fourth-order valence-electron chi connectivity index (χ4n) is 3.77. The van der Waals surface area contributed by atoms with Crippen LogP contribution in [0.4, 0.5) is 5.82 Å². The maximum atomic E-state index is 13.2. The van der Waals surface area contributed by atoms with Crippen molar-refractivity contribution >= 4 is 11.7 Å². The third-order valence-corrected chi connectivity index (χ3v) is 5.77. The Morgan fingerprint density at radius 3 is 2.43 bits per heavy atom. The number of hydrogen-bond acceptors (Lipinski definition) is 5. The molecule has 0 spiro atoms. The highest BCUT2D eigenvalue weighted by Crippen LogP contribution is 2.22. The number of aryl methyl sites for hydroxylation is 2. The molecule has 180 valence electrons. The number of nitrogens with one attached hydrogen (secondary N) is 2. The highest BCUT2D eigenvalue weighted by Gasteiger charge is 2.20. The minimum Gasteiger partial charge on any atom is -0.484 e. The monoisotopic (exact) mass is 469 g/mol. The van der Waals surface area contributed by atoms with Crippen molar-refractivity contribution in [2.24, 2.45) is 7.05 Å². The number of carbonyl (C=O) groups excluding carboxylic acids is 1. The standard InChI is InChI=1S/C28H31N5O2/c1-20-9-11-22(12-10-20)15-16-29-27(23-7-5-4-6-8-23)28(34)32-26-14-13-25(18-30-26)35-21(2)24-17-31-33(3)19-24/h4-14,17-19,21,27,29H,15-16H2,1-3H3,(H,30,32,34)/t21?,27-/m1/s1. The summed E-state index contributed by atoms with van der Waals surface area (Å²) in [5.74, 6) is 0.929. The lowest BCUT2D eigenvalue weighted by Gasteiger charge is -2.19. The number of anilines is 1. The number of ether oxygens (including phenoxy) is 1. The summed E-state index contributed by atoms with van der Waals surface area (Å²) < 4.78 is 7.69. The molecule has 0 aliphatic heterocycles. The van der Waals surface area contributed by atoms with E-state index < -0.39 is 6.04 Å². The van der Waals surface area contributed by atoms with E-state index in [0.717, 1.165) is 17.5 Å². The maximum Gasteiger partial charge on any atom is 0.247 e. The van der Waals surface area contributed by atoms with Crippen molar-refractivity contribution < 1.29 is 9.53 Å². The van der Waals surface area contributed by atoms with Crippen LogP contribution in [0.2, 0.25) is 0 Å². The second-order valence-electron chi connectivity index (χ2n) is 8.61. The zero-order chi connectivity index (χ0) is 24.6. The molecule has 0 aliphatic rings. The molecule has 0 saturated carbocycles. The van der Waals surface area contributed by atoms with E-state index in [4.69, 9.17) is 4.74 Å². The quantitative estimate of drug-likeness (QED) is 0.350. The predicted octanol–water partition coefficient (Wildman–Crippen LogP) is 4.78. The van der Waals surface area contributed by atoms with Gasteiger partial charge in [0.1, 0.15) is 23.7 Å². The molecule has 2 atom stereocenters. The van der Waals surface area contributed by atoms with Gasteiger partial charge in [-0.05, 0) is 43.5 Å². The SMILES string of the molecule is Cc1ccc(CCN[C@@H](C(=O)Nc2ccc(OC(C)c3cnn(C)c3)cn2)c2ccccc2)cc1. The third-order valence-electron chi connectivity index (χ3n) is 5.77. The van der Waals surface area contributed by atoms with E-state index in [9.17, 15) is 4.79 Å². The third kappa shape index (κ3) is 6.77. The summed E-state index contributed by atoms with van der Waals surface area (Å²) in [6, 6.07) is 21.2. The van der Waals surface area contributed by atoms with Crippen LogP contribution in [0.1, 0.15) is 41.3 Å². The van der Waals surface area contributed by atoms with Gasteiger partial charge in [0.25, 0.3) is 0 Å². The predicted molar refractivity (Wildman–Crippen MR) is 137 cm³/mol. The van der Waals surface area contributed by atoms with Crippen molar-refractivity contribution in [3.63, 3.8) is 0 Å². The molecule has 4 rings (SSSR count). The zero-order valence-electron chi connectivity index (χ0n) is 20.3. The first kappa shape index (κ1) is 24.2.